The molecule has 0 aliphatic carbocycles. The van der Waals surface area contributed by atoms with Crippen molar-refractivity contribution in [3.63, 3.8) is 0 Å². The number of allylic oxidation sites excluding steroid dienone is 1. The Balaban J connectivity index is 1.50. The molecule has 0 unspecified atom stereocenters. The van der Waals surface area contributed by atoms with Crippen LogP contribution in [-0.2, 0) is 6.61 Å². The van der Waals surface area contributed by atoms with E-state index in [0.717, 1.165) is 16.8 Å². The van der Waals surface area contributed by atoms with Crippen LogP contribution < -0.4 is 14.4 Å². The molecule has 0 aromatic heterocycles. The van der Waals surface area contributed by atoms with Crippen LogP contribution in [0.25, 0.3) is 6.08 Å². The van der Waals surface area contributed by atoms with Crippen LogP contribution in [0, 0.1) is 13.8 Å². The Morgan fingerprint density at radius 3 is 2.47 bits per heavy atom. The largest absolute Gasteiger partial charge is 0.489 e. The summed E-state index contributed by atoms with van der Waals surface area (Å²) in [6, 6.07) is 19.7. The maximum absolute atomic E-state index is 12.7. The second kappa shape index (κ2) is 8.07. The van der Waals surface area contributed by atoms with E-state index in [1.54, 1.807) is 18.2 Å². The van der Waals surface area contributed by atoms with E-state index in [9.17, 15) is 4.79 Å². The van der Waals surface area contributed by atoms with Crippen LogP contribution in [0.3, 0.4) is 0 Å². The first-order valence-electron chi connectivity index (χ1n) is 9.95. The average molecular weight is 399 g/mol. The lowest BCUT2D eigenvalue weighted by atomic mass is 10.1. The van der Waals surface area contributed by atoms with Gasteiger partial charge in [0.25, 0.3) is 0 Å². The van der Waals surface area contributed by atoms with Crippen LogP contribution in [0.2, 0.25) is 0 Å². The Kier molecular flexibility index (Phi) is 5.32. The van der Waals surface area contributed by atoms with Crippen molar-refractivity contribution in [2.75, 3.05) is 19.0 Å². The van der Waals surface area contributed by atoms with Crippen LogP contribution in [0.5, 0.6) is 11.5 Å². The lowest BCUT2D eigenvalue weighted by Gasteiger charge is -2.11. The maximum atomic E-state index is 12.7. The quantitative estimate of drug-likeness (QED) is 0.526. The SMILES string of the molecule is Cc1ccc(C)c(COc2ccc3c(c2)O/C(=C\c2ccc(N(C)C)cc2)C3=O)c1. The first-order valence-corrected chi connectivity index (χ1v) is 9.95. The number of nitrogens with zero attached hydrogens (tertiary/aromatic N) is 1. The van der Waals surface area contributed by atoms with Gasteiger partial charge in [0.1, 0.15) is 18.1 Å². The molecule has 0 atom stereocenters. The summed E-state index contributed by atoms with van der Waals surface area (Å²) in [6.45, 7) is 4.62. The van der Waals surface area contributed by atoms with E-state index in [4.69, 9.17) is 9.47 Å². The molecule has 1 aliphatic rings. The maximum Gasteiger partial charge on any atom is 0.231 e. The Hall–Kier alpha value is -3.53. The second-order valence-electron chi connectivity index (χ2n) is 7.80. The Labute approximate surface area is 177 Å². The van der Waals surface area contributed by atoms with Crippen LogP contribution in [0.1, 0.15) is 32.6 Å². The highest BCUT2D eigenvalue weighted by Gasteiger charge is 2.27. The van der Waals surface area contributed by atoms with Gasteiger partial charge in [0.15, 0.2) is 5.76 Å². The van der Waals surface area contributed by atoms with Gasteiger partial charge in [0.2, 0.25) is 5.78 Å². The number of benzene rings is 3. The molecular formula is C26H25NO3. The third-order valence-electron chi connectivity index (χ3n) is 5.25. The van der Waals surface area contributed by atoms with E-state index < -0.39 is 0 Å². The predicted octanol–water partition coefficient (Wildman–Crippen LogP) is 5.56. The van der Waals surface area contributed by atoms with Gasteiger partial charge in [0.05, 0.1) is 5.56 Å². The minimum atomic E-state index is -0.109. The number of hydrogen-bond acceptors (Lipinski definition) is 4. The molecule has 1 heterocycles. The van der Waals surface area contributed by atoms with Gasteiger partial charge in [-0.05, 0) is 60.9 Å². The molecule has 0 saturated heterocycles. The number of carbonyl (C=O) groups excluding carboxylic acids is 1. The summed E-state index contributed by atoms with van der Waals surface area (Å²) in [5.41, 5.74) is 6.13. The van der Waals surface area contributed by atoms with Crippen molar-refractivity contribution in [2.24, 2.45) is 0 Å². The molecule has 1 aliphatic heterocycles. The highest BCUT2D eigenvalue weighted by atomic mass is 16.5. The summed E-state index contributed by atoms with van der Waals surface area (Å²) in [5, 5.41) is 0. The number of fused-ring (bicyclic) bond motifs is 1. The summed E-state index contributed by atoms with van der Waals surface area (Å²) in [6.07, 6.45) is 1.78. The van der Waals surface area contributed by atoms with Gasteiger partial charge in [0, 0.05) is 25.8 Å². The van der Waals surface area contributed by atoms with E-state index in [2.05, 4.69) is 32.0 Å². The first-order chi connectivity index (χ1) is 14.4. The molecule has 4 nitrogen and oxygen atoms in total. The van der Waals surface area contributed by atoms with Gasteiger partial charge < -0.3 is 14.4 Å². The molecular weight excluding hydrogens is 374 g/mol. The number of ether oxygens (including phenoxy) is 2. The number of hydrogen-bond donors (Lipinski definition) is 0. The highest BCUT2D eigenvalue weighted by Crippen LogP contribution is 2.35. The lowest BCUT2D eigenvalue weighted by Crippen LogP contribution is -2.08. The van der Waals surface area contributed by atoms with E-state index in [0.29, 0.717) is 29.4 Å². The molecule has 152 valence electrons. The molecule has 4 heteroatoms. The van der Waals surface area contributed by atoms with Crippen LogP contribution in [0.4, 0.5) is 5.69 Å². The van der Waals surface area contributed by atoms with Gasteiger partial charge >= 0.3 is 0 Å². The van der Waals surface area contributed by atoms with Crippen molar-refractivity contribution in [3.8, 4) is 11.5 Å². The molecule has 0 spiro atoms. The lowest BCUT2D eigenvalue weighted by molar-refractivity contribution is 0.101. The summed E-state index contributed by atoms with van der Waals surface area (Å²) < 4.78 is 11.8. The predicted molar refractivity (Wildman–Crippen MR) is 120 cm³/mol. The molecule has 0 bridgehead atoms. The topological polar surface area (TPSA) is 38.8 Å². The Bertz CT molecular complexity index is 1130. The van der Waals surface area contributed by atoms with Crippen molar-refractivity contribution in [1.82, 2.24) is 0 Å². The zero-order chi connectivity index (χ0) is 21.3. The van der Waals surface area contributed by atoms with Crippen LogP contribution in [0.15, 0.2) is 66.4 Å². The number of Topliss-reactive ketones (excluding diaryl/α,β-unsaturated/α-hetero) is 1. The van der Waals surface area contributed by atoms with E-state index in [1.165, 1.54) is 11.1 Å². The second-order valence-corrected chi connectivity index (χ2v) is 7.80. The summed E-state index contributed by atoms with van der Waals surface area (Å²) in [5.74, 6) is 1.44. The van der Waals surface area contributed by atoms with Crippen molar-refractivity contribution >= 4 is 17.5 Å². The Morgan fingerprint density at radius 1 is 0.967 bits per heavy atom. The number of aryl methyl sites for hydroxylation is 2. The third kappa shape index (κ3) is 4.08. The van der Waals surface area contributed by atoms with Gasteiger partial charge in [-0.2, -0.15) is 0 Å². The Morgan fingerprint density at radius 2 is 1.73 bits per heavy atom. The third-order valence-corrected chi connectivity index (χ3v) is 5.25. The van der Waals surface area contributed by atoms with Crippen molar-refractivity contribution in [2.45, 2.75) is 20.5 Å². The van der Waals surface area contributed by atoms with Crippen molar-refractivity contribution < 1.29 is 14.3 Å². The fourth-order valence-corrected chi connectivity index (χ4v) is 3.39. The van der Waals surface area contributed by atoms with E-state index >= 15 is 0 Å². The number of carbonyl (C=O) groups is 1. The minimum Gasteiger partial charge on any atom is -0.489 e. The first kappa shape index (κ1) is 19.8. The van der Waals surface area contributed by atoms with Crippen LogP contribution >= 0.6 is 0 Å². The van der Waals surface area contributed by atoms with E-state index in [1.807, 2.05) is 49.3 Å². The fraction of sp³-hybridized carbons (Fsp3) is 0.192. The molecule has 30 heavy (non-hydrogen) atoms. The molecule has 4 rings (SSSR count). The van der Waals surface area contributed by atoms with Gasteiger partial charge in [-0.1, -0.05) is 35.9 Å². The molecule has 3 aromatic rings. The van der Waals surface area contributed by atoms with Crippen LogP contribution in [-0.4, -0.2) is 19.9 Å². The molecule has 0 fully saturated rings. The molecule has 0 amide bonds. The monoisotopic (exact) mass is 399 g/mol. The van der Waals surface area contributed by atoms with Gasteiger partial charge in [-0.15, -0.1) is 0 Å². The van der Waals surface area contributed by atoms with Gasteiger partial charge in [-0.3, -0.25) is 4.79 Å². The number of anilines is 1. The molecule has 0 saturated carbocycles. The summed E-state index contributed by atoms with van der Waals surface area (Å²) in [4.78, 5) is 14.7. The number of rotatable bonds is 5. The summed E-state index contributed by atoms with van der Waals surface area (Å²) in [7, 11) is 3.99. The molecule has 0 radical (unpaired) electrons. The molecule has 0 N–H and O–H groups in total. The van der Waals surface area contributed by atoms with E-state index in [-0.39, 0.29) is 5.78 Å². The van der Waals surface area contributed by atoms with Gasteiger partial charge in [-0.25, -0.2) is 0 Å². The summed E-state index contributed by atoms with van der Waals surface area (Å²) >= 11 is 0. The fourth-order valence-electron chi connectivity index (χ4n) is 3.39. The zero-order valence-electron chi connectivity index (χ0n) is 17.7. The normalized spacial score (nSPS) is 13.9. The standard InChI is InChI=1S/C26H25NO3/c1-17-5-6-18(2)20(13-17)16-29-22-11-12-23-24(15-22)30-25(26(23)28)14-19-7-9-21(10-8-19)27(3)4/h5-15H,16H2,1-4H3/b25-14-. The highest BCUT2D eigenvalue weighted by molar-refractivity contribution is 6.14. The molecule has 3 aromatic carbocycles. The zero-order valence-corrected chi connectivity index (χ0v) is 17.7. The van der Waals surface area contributed by atoms with Crippen molar-refractivity contribution in [1.29, 1.82) is 0 Å². The average Bonchev–Trinajstić information content (AvgIpc) is 3.04. The number of ketones is 1. The van der Waals surface area contributed by atoms with Crippen molar-refractivity contribution in [3.05, 3.63) is 94.2 Å². The smallest absolute Gasteiger partial charge is 0.231 e. The minimum absolute atomic E-state index is 0.109.